The first-order valence-electron chi connectivity index (χ1n) is 4.90. The highest BCUT2D eigenvalue weighted by Crippen LogP contribution is 2.23. The minimum Gasteiger partial charge on any atom is -0.497 e. The van der Waals surface area contributed by atoms with Gasteiger partial charge in [-0.1, -0.05) is 6.08 Å². The van der Waals surface area contributed by atoms with E-state index in [1.54, 1.807) is 19.4 Å². The molecule has 16 heavy (non-hydrogen) atoms. The van der Waals surface area contributed by atoms with Crippen molar-refractivity contribution in [3.63, 3.8) is 0 Å². The molecule has 0 saturated heterocycles. The Hall–Kier alpha value is -2.16. The molecule has 0 bridgehead atoms. The first-order valence-corrected chi connectivity index (χ1v) is 4.90. The number of pyridine rings is 1. The summed E-state index contributed by atoms with van der Waals surface area (Å²) in [5.41, 5.74) is 1.84. The fraction of sp³-hybridized carbons (Fsp3) is 0.0769. The molecule has 0 aliphatic heterocycles. The van der Waals surface area contributed by atoms with Gasteiger partial charge in [0.25, 0.3) is 0 Å². The van der Waals surface area contributed by atoms with Crippen LogP contribution in [0.25, 0.3) is 17.0 Å². The SMILES string of the molecule is COc1ccc2nccc(/C=C\C=O)c2c1. The second kappa shape index (κ2) is 4.57. The third kappa shape index (κ3) is 1.93. The van der Waals surface area contributed by atoms with E-state index in [1.165, 1.54) is 6.08 Å². The van der Waals surface area contributed by atoms with Gasteiger partial charge in [-0.2, -0.15) is 0 Å². The second-order valence-electron chi connectivity index (χ2n) is 3.28. The van der Waals surface area contributed by atoms with Crippen LogP contribution in [0.1, 0.15) is 5.56 Å². The lowest BCUT2D eigenvalue weighted by Crippen LogP contribution is -1.86. The lowest BCUT2D eigenvalue weighted by Gasteiger charge is -2.04. The zero-order valence-electron chi connectivity index (χ0n) is 8.88. The molecule has 0 aliphatic rings. The molecule has 1 aromatic carbocycles. The molecule has 0 atom stereocenters. The number of hydrogen-bond donors (Lipinski definition) is 0. The summed E-state index contributed by atoms with van der Waals surface area (Å²) in [6.07, 6.45) is 5.70. The van der Waals surface area contributed by atoms with Crippen LogP contribution in [0.15, 0.2) is 36.5 Å². The molecular weight excluding hydrogens is 202 g/mol. The van der Waals surface area contributed by atoms with E-state index >= 15 is 0 Å². The molecule has 0 aliphatic carbocycles. The van der Waals surface area contributed by atoms with Crippen LogP contribution in [-0.2, 0) is 4.79 Å². The predicted molar refractivity (Wildman–Crippen MR) is 63.4 cm³/mol. The fourth-order valence-electron chi connectivity index (χ4n) is 1.56. The molecule has 0 amide bonds. The molecule has 0 spiro atoms. The first-order chi connectivity index (χ1) is 7.85. The van der Waals surface area contributed by atoms with Crippen LogP contribution in [0.2, 0.25) is 0 Å². The smallest absolute Gasteiger partial charge is 0.142 e. The Balaban J connectivity index is 2.63. The number of nitrogens with zero attached hydrogens (tertiary/aromatic N) is 1. The number of carbonyl (C=O) groups excluding carboxylic acids is 1. The Kier molecular flexibility index (Phi) is 2.96. The Bertz CT molecular complexity index is 547. The van der Waals surface area contributed by atoms with Crippen molar-refractivity contribution in [1.82, 2.24) is 4.98 Å². The van der Waals surface area contributed by atoms with E-state index in [-0.39, 0.29) is 0 Å². The van der Waals surface area contributed by atoms with Gasteiger partial charge in [-0.05, 0) is 35.9 Å². The van der Waals surface area contributed by atoms with Gasteiger partial charge in [-0.15, -0.1) is 0 Å². The van der Waals surface area contributed by atoms with Crippen LogP contribution in [0.3, 0.4) is 0 Å². The van der Waals surface area contributed by atoms with E-state index in [2.05, 4.69) is 4.98 Å². The largest absolute Gasteiger partial charge is 0.497 e. The Morgan fingerprint density at radius 1 is 1.31 bits per heavy atom. The number of carbonyl (C=O) groups is 1. The number of aldehydes is 1. The predicted octanol–water partition coefficient (Wildman–Crippen LogP) is 2.46. The van der Waals surface area contributed by atoms with Crippen molar-refractivity contribution in [2.24, 2.45) is 0 Å². The molecule has 3 heteroatoms. The van der Waals surface area contributed by atoms with Gasteiger partial charge in [-0.3, -0.25) is 9.78 Å². The van der Waals surface area contributed by atoms with Gasteiger partial charge in [0.05, 0.1) is 12.6 Å². The maximum atomic E-state index is 10.3. The number of ether oxygens (including phenoxy) is 1. The number of benzene rings is 1. The third-order valence-electron chi connectivity index (χ3n) is 2.34. The van der Waals surface area contributed by atoms with Crippen LogP contribution in [0.4, 0.5) is 0 Å². The summed E-state index contributed by atoms with van der Waals surface area (Å²) in [6, 6.07) is 7.53. The molecule has 0 unspecified atom stereocenters. The van der Waals surface area contributed by atoms with Gasteiger partial charge in [0.15, 0.2) is 0 Å². The molecule has 1 aromatic heterocycles. The summed E-state index contributed by atoms with van der Waals surface area (Å²) in [5.74, 6) is 0.779. The molecular formula is C13H11NO2. The zero-order valence-corrected chi connectivity index (χ0v) is 8.88. The minimum atomic E-state index is 0.756. The van der Waals surface area contributed by atoms with Crippen LogP contribution < -0.4 is 4.74 Å². The molecule has 0 N–H and O–H groups in total. The average molecular weight is 213 g/mol. The van der Waals surface area contributed by atoms with Crippen molar-refractivity contribution in [3.8, 4) is 5.75 Å². The van der Waals surface area contributed by atoms with Crippen LogP contribution in [-0.4, -0.2) is 18.4 Å². The number of fused-ring (bicyclic) bond motifs is 1. The highest BCUT2D eigenvalue weighted by atomic mass is 16.5. The fourth-order valence-corrected chi connectivity index (χ4v) is 1.56. The van der Waals surface area contributed by atoms with E-state index in [9.17, 15) is 4.79 Å². The highest BCUT2D eigenvalue weighted by Gasteiger charge is 2.00. The van der Waals surface area contributed by atoms with E-state index < -0.39 is 0 Å². The molecule has 2 aromatic rings. The molecule has 1 heterocycles. The average Bonchev–Trinajstić information content (AvgIpc) is 2.35. The summed E-state index contributed by atoms with van der Waals surface area (Å²) >= 11 is 0. The van der Waals surface area contributed by atoms with Crippen molar-refractivity contribution >= 4 is 23.3 Å². The molecule has 0 radical (unpaired) electrons. The molecule has 80 valence electrons. The van der Waals surface area contributed by atoms with Gasteiger partial charge in [0.2, 0.25) is 0 Å². The number of aromatic nitrogens is 1. The summed E-state index contributed by atoms with van der Waals surface area (Å²) < 4.78 is 5.16. The quantitative estimate of drug-likeness (QED) is 0.580. The normalized spacial score (nSPS) is 10.8. The lowest BCUT2D eigenvalue weighted by atomic mass is 10.1. The van der Waals surface area contributed by atoms with Crippen molar-refractivity contribution in [2.45, 2.75) is 0 Å². The standard InChI is InChI=1S/C13H11NO2/c1-16-11-4-5-13-12(9-11)10(3-2-8-15)6-7-14-13/h2-9H,1H3/b3-2-. The van der Waals surface area contributed by atoms with Crippen molar-refractivity contribution in [2.75, 3.05) is 7.11 Å². The van der Waals surface area contributed by atoms with E-state index in [0.717, 1.165) is 28.5 Å². The van der Waals surface area contributed by atoms with E-state index in [4.69, 9.17) is 4.74 Å². The lowest BCUT2D eigenvalue weighted by molar-refractivity contribution is -0.104. The minimum absolute atomic E-state index is 0.756. The number of allylic oxidation sites excluding steroid dienone is 1. The second-order valence-corrected chi connectivity index (χ2v) is 3.28. The van der Waals surface area contributed by atoms with Crippen LogP contribution in [0.5, 0.6) is 5.75 Å². The number of hydrogen-bond acceptors (Lipinski definition) is 3. The molecule has 0 fully saturated rings. The van der Waals surface area contributed by atoms with Crippen molar-refractivity contribution < 1.29 is 9.53 Å². The third-order valence-corrected chi connectivity index (χ3v) is 2.34. The summed E-state index contributed by atoms with van der Waals surface area (Å²) in [4.78, 5) is 14.6. The van der Waals surface area contributed by atoms with Crippen molar-refractivity contribution in [3.05, 3.63) is 42.1 Å². The first kappa shape index (κ1) is 10.4. The topological polar surface area (TPSA) is 39.2 Å². The molecule has 3 nitrogen and oxygen atoms in total. The van der Waals surface area contributed by atoms with Crippen LogP contribution >= 0.6 is 0 Å². The van der Waals surface area contributed by atoms with Crippen LogP contribution in [0, 0.1) is 0 Å². The highest BCUT2D eigenvalue weighted by molar-refractivity contribution is 5.90. The number of methoxy groups -OCH3 is 1. The summed E-state index contributed by atoms with van der Waals surface area (Å²) in [6.45, 7) is 0. The Morgan fingerprint density at radius 3 is 2.94 bits per heavy atom. The Labute approximate surface area is 93.4 Å². The van der Waals surface area contributed by atoms with Gasteiger partial charge >= 0.3 is 0 Å². The van der Waals surface area contributed by atoms with Gasteiger partial charge in [0, 0.05) is 11.6 Å². The number of rotatable bonds is 3. The maximum Gasteiger partial charge on any atom is 0.142 e. The van der Waals surface area contributed by atoms with Crippen molar-refractivity contribution in [1.29, 1.82) is 0 Å². The zero-order chi connectivity index (χ0) is 11.4. The molecule has 2 rings (SSSR count). The van der Waals surface area contributed by atoms with E-state index in [1.807, 2.05) is 24.3 Å². The monoisotopic (exact) mass is 213 g/mol. The summed E-state index contributed by atoms with van der Waals surface area (Å²) in [7, 11) is 1.62. The Morgan fingerprint density at radius 2 is 2.19 bits per heavy atom. The maximum absolute atomic E-state index is 10.3. The van der Waals surface area contributed by atoms with Gasteiger partial charge in [0.1, 0.15) is 12.0 Å². The van der Waals surface area contributed by atoms with Gasteiger partial charge < -0.3 is 4.74 Å². The van der Waals surface area contributed by atoms with Gasteiger partial charge in [-0.25, -0.2) is 0 Å². The molecule has 0 saturated carbocycles. The van der Waals surface area contributed by atoms with E-state index in [0.29, 0.717) is 0 Å². The summed E-state index contributed by atoms with van der Waals surface area (Å²) in [5, 5.41) is 0.972.